The number of aliphatic carboxylic acids is 1. The van der Waals surface area contributed by atoms with Crippen molar-refractivity contribution in [2.45, 2.75) is 32.0 Å². The Labute approximate surface area is 71.2 Å². The SMILES string of the molecule is C[C@H](C(=O)O)N1CCC(F)CC1. The van der Waals surface area contributed by atoms with Crippen molar-refractivity contribution in [1.29, 1.82) is 0 Å². The largest absolute Gasteiger partial charge is 0.480 e. The summed E-state index contributed by atoms with van der Waals surface area (Å²) in [4.78, 5) is 12.3. The Bertz CT molecular complexity index is 166. The lowest BCUT2D eigenvalue weighted by Crippen LogP contribution is -2.44. The number of hydrogen-bond donors (Lipinski definition) is 1. The molecular weight excluding hydrogens is 161 g/mol. The van der Waals surface area contributed by atoms with Gasteiger partial charge in [-0.05, 0) is 19.8 Å². The molecule has 1 aliphatic rings. The van der Waals surface area contributed by atoms with Crippen LogP contribution in [0.2, 0.25) is 0 Å². The predicted molar refractivity (Wildman–Crippen MR) is 42.8 cm³/mol. The van der Waals surface area contributed by atoms with Crippen molar-refractivity contribution in [2.24, 2.45) is 0 Å². The standard InChI is InChI=1S/C8H14FNO2/c1-6(8(11)12)10-4-2-7(9)3-5-10/h6-7H,2-5H2,1H3,(H,11,12)/t6-/m1/s1. The van der Waals surface area contributed by atoms with Crippen molar-refractivity contribution in [3.8, 4) is 0 Å². The maximum absolute atomic E-state index is 12.6. The fourth-order valence-corrected chi connectivity index (χ4v) is 1.41. The molecule has 70 valence electrons. The number of rotatable bonds is 2. The Morgan fingerprint density at radius 3 is 2.50 bits per heavy atom. The number of hydrogen-bond acceptors (Lipinski definition) is 2. The molecule has 0 spiro atoms. The first-order valence-electron chi connectivity index (χ1n) is 4.22. The molecule has 0 amide bonds. The average Bonchev–Trinajstić information content (AvgIpc) is 2.04. The van der Waals surface area contributed by atoms with E-state index in [1.807, 2.05) is 0 Å². The van der Waals surface area contributed by atoms with Crippen molar-refractivity contribution in [3.05, 3.63) is 0 Å². The van der Waals surface area contributed by atoms with Gasteiger partial charge in [0.15, 0.2) is 0 Å². The van der Waals surface area contributed by atoms with Crippen LogP contribution in [0.15, 0.2) is 0 Å². The highest BCUT2D eigenvalue weighted by atomic mass is 19.1. The van der Waals surface area contributed by atoms with Gasteiger partial charge in [-0.2, -0.15) is 0 Å². The van der Waals surface area contributed by atoms with Crippen molar-refractivity contribution < 1.29 is 14.3 Å². The smallest absolute Gasteiger partial charge is 0.320 e. The maximum Gasteiger partial charge on any atom is 0.320 e. The summed E-state index contributed by atoms with van der Waals surface area (Å²) in [6.45, 7) is 2.77. The number of piperidine rings is 1. The Hall–Kier alpha value is -0.640. The van der Waals surface area contributed by atoms with Crippen LogP contribution in [0.5, 0.6) is 0 Å². The highest BCUT2D eigenvalue weighted by Gasteiger charge is 2.25. The van der Waals surface area contributed by atoms with Crippen molar-refractivity contribution in [2.75, 3.05) is 13.1 Å². The van der Waals surface area contributed by atoms with Gasteiger partial charge >= 0.3 is 5.97 Å². The lowest BCUT2D eigenvalue weighted by atomic mass is 10.1. The molecule has 0 radical (unpaired) electrons. The molecule has 1 N–H and O–H groups in total. The third-order valence-corrected chi connectivity index (χ3v) is 2.36. The number of carbonyl (C=O) groups is 1. The van der Waals surface area contributed by atoms with E-state index < -0.39 is 18.2 Å². The highest BCUT2D eigenvalue weighted by Crippen LogP contribution is 2.15. The van der Waals surface area contributed by atoms with E-state index in [0.29, 0.717) is 25.9 Å². The molecule has 1 atom stereocenters. The molecule has 0 saturated carbocycles. The molecule has 0 aromatic carbocycles. The van der Waals surface area contributed by atoms with E-state index in [2.05, 4.69) is 0 Å². The van der Waals surface area contributed by atoms with Crippen LogP contribution in [0.3, 0.4) is 0 Å². The van der Waals surface area contributed by atoms with Gasteiger partial charge in [-0.1, -0.05) is 0 Å². The van der Waals surface area contributed by atoms with Crippen LogP contribution in [-0.2, 0) is 4.79 Å². The summed E-state index contributed by atoms with van der Waals surface area (Å²) in [5, 5.41) is 8.66. The second-order valence-electron chi connectivity index (χ2n) is 3.22. The molecule has 1 heterocycles. The summed E-state index contributed by atoms with van der Waals surface area (Å²) in [5.41, 5.74) is 0. The van der Waals surface area contributed by atoms with E-state index in [9.17, 15) is 9.18 Å². The molecule has 1 saturated heterocycles. The van der Waals surface area contributed by atoms with Crippen LogP contribution >= 0.6 is 0 Å². The van der Waals surface area contributed by atoms with Gasteiger partial charge in [0, 0.05) is 13.1 Å². The Kier molecular flexibility index (Phi) is 3.03. The molecule has 0 unspecified atom stereocenters. The molecule has 0 bridgehead atoms. The van der Waals surface area contributed by atoms with Gasteiger partial charge in [0.25, 0.3) is 0 Å². The minimum Gasteiger partial charge on any atom is -0.480 e. The lowest BCUT2D eigenvalue weighted by Gasteiger charge is -2.31. The summed E-state index contributed by atoms with van der Waals surface area (Å²) < 4.78 is 12.6. The van der Waals surface area contributed by atoms with E-state index in [1.165, 1.54) is 0 Å². The van der Waals surface area contributed by atoms with Crippen LogP contribution in [-0.4, -0.2) is 41.3 Å². The number of likely N-dealkylation sites (tertiary alicyclic amines) is 1. The van der Waals surface area contributed by atoms with Gasteiger partial charge in [0.05, 0.1) is 0 Å². The fourth-order valence-electron chi connectivity index (χ4n) is 1.41. The normalized spacial score (nSPS) is 23.8. The van der Waals surface area contributed by atoms with Gasteiger partial charge in [0.2, 0.25) is 0 Å². The Morgan fingerprint density at radius 1 is 1.58 bits per heavy atom. The highest BCUT2D eigenvalue weighted by molar-refractivity contribution is 5.72. The number of carboxylic acid groups (broad SMARTS) is 1. The zero-order valence-electron chi connectivity index (χ0n) is 7.16. The second-order valence-corrected chi connectivity index (χ2v) is 3.22. The predicted octanol–water partition coefficient (Wildman–Crippen LogP) is 0.893. The first-order valence-corrected chi connectivity index (χ1v) is 4.22. The quantitative estimate of drug-likeness (QED) is 0.677. The number of nitrogens with zero attached hydrogens (tertiary/aromatic N) is 1. The third kappa shape index (κ3) is 2.17. The van der Waals surface area contributed by atoms with Crippen LogP contribution in [0.4, 0.5) is 4.39 Å². The molecule has 1 fully saturated rings. The summed E-state index contributed by atoms with van der Waals surface area (Å²) in [6.07, 6.45) is 0.206. The summed E-state index contributed by atoms with van der Waals surface area (Å²) in [6, 6.07) is -0.475. The van der Waals surface area contributed by atoms with E-state index in [0.717, 1.165) is 0 Å². The topological polar surface area (TPSA) is 40.5 Å². The van der Waals surface area contributed by atoms with Crippen LogP contribution < -0.4 is 0 Å². The van der Waals surface area contributed by atoms with Crippen molar-refractivity contribution >= 4 is 5.97 Å². The van der Waals surface area contributed by atoms with E-state index in [4.69, 9.17) is 5.11 Å². The molecule has 1 aliphatic heterocycles. The van der Waals surface area contributed by atoms with Crippen molar-refractivity contribution in [3.63, 3.8) is 0 Å². The molecule has 3 nitrogen and oxygen atoms in total. The first-order chi connectivity index (χ1) is 5.61. The molecule has 4 heteroatoms. The van der Waals surface area contributed by atoms with Gasteiger partial charge in [0.1, 0.15) is 12.2 Å². The molecule has 12 heavy (non-hydrogen) atoms. The minimum absolute atomic E-state index is 0.470. The number of alkyl halides is 1. The van der Waals surface area contributed by atoms with E-state index in [1.54, 1.807) is 11.8 Å². The van der Waals surface area contributed by atoms with Gasteiger partial charge < -0.3 is 5.11 Å². The molecule has 0 aliphatic carbocycles. The van der Waals surface area contributed by atoms with Crippen LogP contribution in [0.25, 0.3) is 0 Å². The van der Waals surface area contributed by atoms with Crippen LogP contribution in [0.1, 0.15) is 19.8 Å². The zero-order valence-corrected chi connectivity index (χ0v) is 7.16. The summed E-state index contributed by atoms with van der Waals surface area (Å²) in [5.74, 6) is -0.827. The molecule has 1 rings (SSSR count). The van der Waals surface area contributed by atoms with Gasteiger partial charge in [-0.3, -0.25) is 9.69 Å². The van der Waals surface area contributed by atoms with E-state index in [-0.39, 0.29) is 0 Å². The van der Waals surface area contributed by atoms with Gasteiger partial charge in [-0.25, -0.2) is 4.39 Å². The molecular formula is C8H14FNO2. The Balaban J connectivity index is 2.39. The van der Waals surface area contributed by atoms with E-state index >= 15 is 0 Å². The maximum atomic E-state index is 12.6. The molecule has 0 aromatic heterocycles. The molecule has 0 aromatic rings. The third-order valence-electron chi connectivity index (χ3n) is 2.36. The Morgan fingerprint density at radius 2 is 2.08 bits per heavy atom. The van der Waals surface area contributed by atoms with Gasteiger partial charge in [-0.15, -0.1) is 0 Å². The zero-order chi connectivity index (χ0) is 9.14. The average molecular weight is 175 g/mol. The monoisotopic (exact) mass is 175 g/mol. The van der Waals surface area contributed by atoms with Crippen molar-refractivity contribution in [1.82, 2.24) is 4.90 Å². The second kappa shape index (κ2) is 3.85. The first kappa shape index (κ1) is 9.45. The fraction of sp³-hybridized carbons (Fsp3) is 0.875. The lowest BCUT2D eigenvalue weighted by molar-refractivity contribution is -0.143. The number of halogens is 1. The van der Waals surface area contributed by atoms with Crippen LogP contribution in [0, 0.1) is 0 Å². The summed E-state index contributed by atoms with van der Waals surface area (Å²) >= 11 is 0. The number of carboxylic acids is 1. The summed E-state index contributed by atoms with van der Waals surface area (Å²) in [7, 11) is 0. The minimum atomic E-state index is -0.827.